The fourth-order valence-electron chi connectivity index (χ4n) is 8.30. The van der Waals surface area contributed by atoms with Gasteiger partial charge in [-0.15, -0.1) is 0 Å². The van der Waals surface area contributed by atoms with Gasteiger partial charge in [-0.1, -0.05) is 78.9 Å². The number of anilines is 1. The van der Waals surface area contributed by atoms with Gasteiger partial charge in [0.1, 0.15) is 12.6 Å². The van der Waals surface area contributed by atoms with Crippen LogP contribution >= 0.6 is 0 Å². The summed E-state index contributed by atoms with van der Waals surface area (Å²) in [6.07, 6.45) is 2.05. The third-order valence-corrected chi connectivity index (χ3v) is 9.34. The highest BCUT2D eigenvalue weighted by Crippen LogP contribution is 2.66. The summed E-state index contributed by atoms with van der Waals surface area (Å²) >= 11 is 0. The smallest absolute Gasteiger partial charge is 0.336 e. The first-order chi connectivity index (χ1) is 17.2. The Balaban J connectivity index is 1.45. The number of esters is 1. The zero-order valence-electron chi connectivity index (χ0n) is 20.1. The standard InChI is InChI=1S/C31H30N2O2/c1-35-30(34)27-24-20-33(19-22-12-6-3-7-13-22)17-16-31(25-14-8-9-15-26(25)32-28(27)31)29(33)23(24)18-21-10-4-2-5-11-21/h2-15,23-24,29H,16-20H2,1H3/p+1/t23-,24-,29-,31+,33?/m0/s1. The van der Waals surface area contributed by atoms with Crippen LogP contribution in [0.25, 0.3) is 0 Å². The molecule has 4 nitrogen and oxygen atoms in total. The summed E-state index contributed by atoms with van der Waals surface area (Å²) in [6.45, 7) is 3.14. The summed E-state index contributed by atoms with van der Waals surface area (Å²) in [5.74, 6) is 0.406. The maximum atomic E-state index is 13.5. The summed E-state index contributed by atoms with van der Waals surface area (Å²) in [5.41, 5.74) is 7.14. The summed E-state index contributed by atoms with van der Waals surface area (Å²) in [5, 5.41) is 3.76. The molecule has 1 unspecified atom stereocenters. The Morgan fingerprint density at radius 2 is 1.66 bits per heavy atom. The minimum Gasteiger partial charge on any atom is -0.466 e. The van der Waals surface area contributed by atoms with Crippen molar-refractivity contribution in [3.05, 3.63) is 113 Å². The molecule has 0 saturated carbocycles. The molecule has 2 fully saturated rings. The van der Waals surface area contributed by atoms with Crippen LogP contribution in [-0.2, 0) is 27.9 Å². The summed E-state index contributed by atoms with van der Waals surface area (Å²) < 4.78 is 6.51. The number of quaternary nitrogens is 1. The van der Waals surface area contributed by atoms with Gasteiger partial charge < -0.3 is 14.5 Å². The van der Waals surface area contributed by atoms with E-state index in [1.807, 2.05) is 0 Å². The number of nitrogens with zero attached hydrogens (tertiary/aromatic N) is 1. The van der Waals surface area contributed by atoms with E-state index in [1.165, 1.54) is 23.8 Å². The molecule has 4 heteroatoms. The number of carbonyl (C=O) groups excluding carboxylic acids is 1. The van der Waals surface area contributed by atoms with E-state index in [-0.39, 0.29) is 17.3 Å². The second-order valence-corrected chi connectivity index (χ2v) is 10.8. The van der Waals surface area contributed by atoms with E-state index >= 15 is 0 Å². The Hall–Kier alpha value is -3.37. The average Bonchev–Trinajstić information content (AvgIpc) is 3.48. The van der Waals surface area contributed by atoms with E-state index in [2.05, 4.69) is 90.2 Å². The first-order valence-electron chi connectivity index (χ1n) is 12.8. The number of methoxy groups -OCH3 is 1. The van der Waals surface area contributed by atoms with E-state index in [4.69, 9.17) is 4.74 Å². The lowest BCUT2D eigenvalue weighted by molar-refractivity contribution is -0.944. The third kappa shape index (κ3) is 2.80. The first kappa shape index (κ1) is 21.0. The maximum absolute atomic E-state index is 13.5. The average molecular weight is 464 g/mol. The van der Waals surface area contributed by atoms with Gasteiger partial charge in [-0.05, 0) is 23.6 Å². The van der Waals surface area contributed by atoms with Crippen LogP contribution in [0.2, 0.25) is 0 Å². The number of rotatable bonds is 5. The van der Waals surface area contributed by atoms with Gasteiger partial charge in [-0.25, -0.2) is 4.79 Å². The van der Waals surface area contributed by atoms with Gasteiger partial charge in [-0.2, -0.15) is 0 Å². The second-order valence-electron chi connectivity index (χ2n) is 10.8. The van der Waals surface area contributed by atoms with Gasteiger partial charge in [0.25, 0.3) is 0 Å². The van der Waals surface area contributed by atoms with E-state index in [9.17, 15) is 4.79 Å². The van der Waals surface area contributed by atoms with Gasteiger partial charge in [-0.3, -0.25) is 0 Å². The van der Waals surface area contributed by atoms with Gasteiger partial charge in [0.15, 0.2) is 0 Å². The highest BCUT2D eigenvalue weighted by atomic mass is 16.5. The predicted octanol–water partition coefficient (Wildman–Crippen LogP) is 5.07. The van der Waals surface area contributed by atoms with E-state index in [0.717, 1.165) is 53.9 Å². The molecule has 0 radical (unpaired) electrons. The molecule has 1 spiro atoms. The lowest BCUT2D eigenvalue weighted by Crippen LogP contribution is -2.55. The van der Waals surface area contributed by atoms with Crippen molar-refractivity contribution >= 4 is 11.7 Å². The summed E-state index contributed by atoms with van der Waals surface area (Å²) in [4.78, 5) is 13.5. The number of nitrogens with one attached hydrogen (secondary N) is 1. The lowest BCUT2D eigenvalue weighted by atomic mass is 9.60. The van der Waals surface area contributed by atoms with Crippen LogP contribution in [0.4, 0.5) is 5.69 Å². The number of ether oxygens (including phenoxy) is 1. The molecule has 3 aromatic carbocycles. The van der Waals surface area contributed by atoms with Gasteiger partial charge >= 0.3 is 5.97 Å². The fourth-order valence-corrected chi connectivity index (χ4v) is 8.30. The molecule has 0 aromatic heterocycles. The molecule has 2 saturated heterocycles. The van der Waals surface area contributed by atoms with Crippen molar-refractivity contribution in [2.45, 2.75) is 30.8 Å². The highest BCUT2D eigenvalue weighted by molar-refractivity contribution is 5.93. The molecule has 5 atom stereocenters. The molecule has 0 amide bonds. The second kappa shape index (κ2) is 7.56. The van der Waals surface area contributed by atoms with Crippen LogP contribution in [0.15, 0.2) is 96.2 Å². The van der Waals surface area contributed by atoms with E-state index in [0.29, 0.717) is 12.0 Å². The van der Waals surface area contributed by atoms with Crippen molar-refractivity contribution < 1.29 is 14.0 Å². The van der Waals surface area contributed by atoms with Gasteiger partial charge in [0, 0.05) is 29.3 Å². The molecule has 35 heavy (non-hydrogen) atoms. The summed E-state index contributed by atoms with van der Waals surface area (Å²) in [6, 6.07) is 30.9. The number of fused-ring (bicyclic) bond motifs is 2. The quantitative estimate of drug-likeness (QED) is 0.424. The number of benzene rings is 3. The van der Waals surface area contributed by atoms with Crippen LogP contribution in [0.1, 0.15) is 23.1 Å². The molecular weight excluding hydrogens is 432 g/mol. The maximum Gasteiger partial charge on any atom is 0.336 e. The SMILES string of the molecule is COC(=O)C1=C2Nc3ccccc3[C@]23CC[N+]2(Cc4ccccc4)C[C@H]1[C@H](Cc1ccccc1)[C@@H]32. The van der Waals surface area contributed by atoms with Crippen molar-refractivity contribution in [1.29, 1.82) is 0 Å². The Labute approximate surface area is 206 Å². The van der Waals surface area contributed by atoms with Crippen LogP contribution in [0, 0.1) is 11.8 Å². The number of hydrogen-bond donors (Lipinski definition) is 1. The Kier molecular flexibility index (Phi) is 4.53. The van der Waals surface area contributed by atoms with Crippen molar-refractivity contribution in [1.82, 2.24) is 0 Å². The normalized spacial score (nSPS) is 31.6. The number of carbonyl (C=O) groups is 1. The van der Waals surface area contributed by atoms with Crippen molar-refractivity contribution in [2.24, 2.45) is 11.8 Å². The van der Waals surface area contributed by atoms with Crippen LogP contribution < -0.4 is 5.32 Å². The van der Waals surface area contributed by atoms with Crippen LogP contribution in [0.5, 0.6) is 0 Å². The topological polar surface area (TPSA) is 38.3 Å². The highest BCUT2D eigenvalue weighted by Gasteiger charge is 2.74. The zero-order valence-corrected chi connectivity index (χ0v) is 20.1. The first-order valence-corrected chi connectivity index (χ1v) is 12.8. The molecular formula is C31H31N2O2+. The lowest BCUT2D eigenvalue weighted by Gasteiger charge is -2.43. The number of para-hydroxylation sites is 1. The van der Waals surface area contributed by atoms with E-state index in [1.54, 1.807) is 0 Å². The Bertz CT molecular complexity index is 1330. The fraction of sp³-hybridized carbons (Fsp3) is 0.323. The minimum atomic E-state index is -0.165. The van der Waals surface area contributed by atoms with Gasteiger partial charge in [0.2, 0.25) is 0 Å². The zero-order chi connectivity index (χ0) is 23.6. The molecule has 3 aromatic rings. The van der Waals surface area contributed by atoms with Gasteiger partial charge in [0.05, 0.1) is 37.1 Å². The van der Waals surface area contributed by atoms with Crippen molar-refractivity contribution in [2.75, 3.05) is 25.5 Å². The van der Waals surface area contributed by atoms with Crippen molar-refractivity contribution in [3.8, 4) is 0 Å². The molecule has 1 N–H and O–H groups in total. The molecule has 3 aliphatic heterocycles. The van der Waals surface area contributed by atoms with Crippen LogP contribution in [0.3, 0.4) is 0 Å². The Morgan fingerprint density at radius 1 is 0.971 bits per heavy atom. The monoisotopic (exact) mass is 463 g/mol. The molecule has 7 rings (SSSR count). The molecule has 2 bridgehead atoms. The molecule has 3 heterocycles. The molecule has 176 valence electrons. The third-order valence-electron chi connectivity index (χ3n) is 9.34. The minimum absolute atomic E-state index is 0.159. The predicted molar refractivity (Wildman–Crippen MR) is 136 cm³/mol. The Morgan fingerprint density at radius 3 is 2.40 bits per heavy atom. The number of hydrogen-bond acceptors (Lipinski definition) is 3. The largest absolute Gasteiger partial charge is 0.466 e. The molecule has 4 aliphatic rings. The van der Waals surface area contributed by atoms with E-state index < -0.39 is 0 Å². The van der Waals surface area contributed by atoms with Crippen LogP contribution in [-0.4, -0.2) is 36.7 Å². The summed E-state index contributed by atoms with van der Waals surface area (Å²) in [7, 11) is 1.53. The van der Waals surface area contributed by atoms with Crippen molar-refractivity contribution in [3.63, 3.8) is 0 Å². The molecule has 1 aliphatic carbocycles.